The van der Waals surface area contributed by atoms with Crippen molar-refractivity contribution in [1.29, 1.82) is 0 Å². The fourth-order valence-corrected chi connectivity index (χ4v) is 1.73. The van der Waals surface area contributed by atoms with E-state index in [1.165, 1.54) is 6.07 Å². The number of anilines is 1. The average molecular weight is 234 g/mol. The molecule has 0 aliphatic rings. The van der Waals surface area contributed by atoms with E-state index in [4.69, 9.17) is 11.6 Å². The van der Waals surface area contributed by atoms with E-state index in [0.717, 1.165) is 23.7 Å². The minimum atomic E-state index is -0.375. The molecule has 0 amide bonds. The third-order valence-electron chi connectivity index (χ3n) is 1.70. The van der Waals surface area contributed by atoms with Crippen molar-refractivity contribution in [2.75, 3.05) is 23.4 Å². The molecule has 14 heavy (non-hydrogen) atoms. The van der Waals surface area contributed by atoms with Gasteiger partial charge in [0.1, 0.15) is 5.82 Å². The summed E-state index contributed by atoms with van der Waals surface area (Å²) in [6.45, 7) is 3.00. The molecule has 0 spiro atoms. The molecule has 0 radical (unpaired) electrons. The molecule has 0 saturated heterocycles. The highest BCUT2D eigenvalue weighted by atomic mass is 35.5. The van der Waals surface area contributed by atoms with Gasteiger partial charge in [0.05, 0.1) is 5.02 Å². The van der Waals surface area contributed by atoms with Gasteiger partial charge < -0.3 is 5.32 Å². The lowest BCUT2D eigenvalue weighted by Gasteiger charge is -2.06. The second-order valence-electron chi connectivity index (χ2n) is 2.75. The molecule has 1 nitrogen and oxygen atoms in total. The first kappa shape index (κ1) is 11.7. The van der Waals surface area contributed by atoms with Crippen molar-refractivity contribution >= 4 is 29.1 Å². The van der Waals surface area contributed by atoms with Crippen molar-refractivity contribution in [2.24, 2.45) is 0 Å². The predicted octanol–water partition coefficient (Wildman–Crippen LogP) is 3.64. The lowest BCUT2D eigenvalue weighted by atomic mass is 10.3. The molecule has 0 atom stereocenters. The van der Waals surface area contributed by atoms with Gasteiger partial charge in [-0.1, -0.05) is 18.5 Å². The minimum absolute atomic E-state index is 0.165. The van der Waals surface area contributed by atoms with Crippen LogP contribution >= 0.6 is 23.4 Å². The molecule has 1 aromatic carbocycles. The van der Waals surface area contributed by atoms with E-state index >= 15 is 0 Å². The Morgan fingerprint density at radius 1 is 1.50 bits per heavy atom. The van der Waals surface area contributed by atoms with Crippen LogP contribution in [0.15, 0.2) is 18.2 Å². The highest BCUT2D eigenvalue weighted by molar-refractivity contribution is 7.99. The number of halogens is 2. The average Bonchev–Trinajstić information content (AvgIpc) is 2.18. The van der Waals surface area contributed by atoms with Crippen LogP contribution in [0, 0.1) is 5.82 Å². The van der Waals surface area contributed by atoms with E-state index in [9.17, 15) is 4.39 Å². The topological polar surface area (TPSA) is 12.0 Å². The molecule has 0 aromatic heterocycles. The molecule has 78 valence electrons. The molecule has 1 aromatic rings. The summed E-state index contributed by atoms with van der Waals surface area (Å²) >= 11 is 7.50. The molecule has 0 heterocycles. The van der Waals surface area contributed by atoms with Crippen molar-refractivity contribution in [3.05, 3.63) is 29.0 Å². The van der Waals surface area contributed by atoms with E-state index in [1.807, 2.05) is 11.8 Å². The first-order valence-corrected chi connectivity index (χ1v) is 6.04. The zero-order valence-corrected chi connectivity index (χ0v) is 9.59. The predicted molar refractivity (Wildman–Crippen MR) is 62.9 cm³/mol. The van der Waals surface area contributed by atoms with E-state index in [2.05, 4.69) is 12.2 Å². The Bertz CT molecular complexity index is 293. The second-order valence-corrected chi connectivity index (χ2v) is 4.55. The Hall–Kier alpha value is -0.410. The molecular weight excluding hydrogens is 221 g/mol. The van der Waals surface area contributed by atoms with Gasteiger partial charge in [0.25, 0.3) is 0 Å². The van der Waals surface area contributed by atoms with Gasteiger partial charge in [-0.3, -0.25) is 0 Å². The molecule has 1 N–H and O–H groups in total. The molecule has 0 saturated carbocycles. The number of rotatable bonds is 5. The van der Waals surface area contributed by atoms with Crippen LogP contribution in [0.4, 0.5) is 10.1 Å². The standard InChI is InChI=1S/C10H13ClFNS/c1-2-14-6-5-13-8-3-4-10(12)9(11)7-8/h3-4,7,13H,2,5-6H2,1H3. The zero-order chi connectivity index (χ0) is 10.4. The lowest BCUT2D eigenvalue weighted by Crippen LogP contribution is -2.04. The Morgan fingerprint density at radius 3 is 2.93 bits per heavy atom. The van der Waals surface area contributed by atoms with Crippen LogP contribution in [0.3, 0.4) is 0 Å². The Labute approximate surface area is 93.0 Å². The highest BCUT2D eigenvalue weighted by Gasteiger charge is 1.99. The monoisotopic (exact) mass is 233 g/mol. The SMILES string of the molecule is CCSCCNc1ccc(F)c(Cl)c1. The summed E-state index contributed by atoms with van der Waals surface area (Å²) in [7, 11) is 0. The van der Waals surface area contributed by atoms with Crippen LogP contribution in [0.2, 0.25) is 5.02 Å². The quantitative estimate of drug-likeness (QED) is 0.780. The number of benzene rings is 1. The fourth-order valence-electron chi connectivity index (χ4n) is 1.02. The van der Waals surface area contributed by atoms with E-state index in [1.54, 1.807) is 12.1 Å². The molecular formula is C10H13ClFNS. The summed E-state index contributed by atoms with van der Waals surface area (Å²) in [5, 5.41) is 3.34. The van der Waals surface area contributed by atoms with Gasteiger partial charge in [0.15, 0.2) is 0 Å². The fraction of sp³-hybridized carbons (Fsp3) is 0.400. The van der Waals surface area contributed by atoms with E-state index in [0.29, 0.717) is 0 Å². The number of hydrogen-bond donors (Lipinski definition) is 1. The maximum absolute atomic E-state index is 12.8. The molecule has 0 fully saturated rings. The third kappa shape index (κ3) is 3.76. The van der Waals surface area contributed by atoms with Gasteiger partial charge in [-0.2, -0.15) is 11.8 Å². The van der Waals surface area contributed by atoms with Gasteiger partial charge in [-0.15, -0.1) is 0 Å². The summed E-state index contributed by atoms with van der Waals surface area (Å²) in [6.07, 6.45) is 0. The van der Waals surface area contributed by atoms with Gasteiger partial charge in [0, 0.05) is 18.0 Å². The summed E-state index contributed by atoms with van der Waals surface area (Å²) in [5.41, 5.74) is 0.869. The number of nitrogens with one attached hydrogen (secondary N) is 1. The van der Waals surface area contributed by atoms with Crippen molar-refractivity contribution in [1.82, 2.24) is 0 Å². The molecule has 0 bridgehead atoms. The van der Waals surface area contributed by atoms with Crippen LogP contribution < -0.4 is 5.32 Å². The van der Waals surface area contributed by atoms with Crippen molar-refractivity contribution in [2.45, 2.75) is 6.92 Å². The Morgan fingerprint density at radius 2 is 2.29 bits per heavy atom. The summed E-state index contributed by atoms with van der Waals surface area (Å²) < 4.78 is 12.8. The molecule has 0 aliphatic heterocycles. The largest absolute Gasteiger partial charge is 0.384 e. The molecule has 1 rings (SSSR count). The van der Waals surface area contributed by atoms with Gasteiger partial charge >= 0.3 is 0 Å². The first-order chi connectivity index (χ1) is 6.74. The molecule has 0 unspecified atom stereocenters. The van der Waals surface area contributed by atoms with Crippen LogP contribution in [0.25, 0.3) is 0 Å². The number of thioether (sulfide) groups is 1. The Balaban J connectivity index is 2.39. The van der Waals surface area contributed by atoms with Crippen molar-refractivity contribution in [3.8, 4) is 0 Å². The van der Waals surface area contributed by atoms with Crippen molar-refractivity contribution in [3.63, 3.8) is 0 Å². The van der Waals surface area contributed by atoms with Crippen LogP contribution in [-0.2, 0) is 0 Å². The molecule has 0 aliphatic carbocycles. The maximum atomic E-state index is 12.8. The second kappa shape index (κ2) is 6.14. The van der Waals surface area contributed by atoms with Gasteiger partial charge in [-0.05, 0) is 24.0 Å². The van der Waals surface area contributed by atoms with E-state index in [-0.39, 0.29) is 10.8 Å². The van der Waals surface area contributed by atoms with Gasteiger partial charge in [0.2, 0.25) is 0 Å². The van der Waals surface area contributed by atoms with Gasteiger partial charge in [-0.25, -0.2) is 4.39 Å². The maximum Gasteiger partial charge on any atom is 0.141 e. The zero-order valence-electron chi connectivity index (χ0n) is 8.02. The van der Waals surface area contributed by atoms with Crippen molar-refractivity contribution < 1.29 is 4.39 Å². The summed E-state index contributed by atoms with van der Waals surface area (Å²) in [5.74, 6) is 1.79. The lowest BCUT2D eigenvalue weighted by molar-refractivity contribution is 0.628. The van der Waals surface area contributed by atoms with Crippen LogP contribution in [-0.4, -0.2) is 18.1 Å². The minimum Gasteiger partial charge on any atom is -0.384 e. The van der Waals surface area contributed by atoms with Crippen LogP contribution in [0.5, 0.6) is 0 Å². The summed E-state index contributed by atoms with van der Waals surface area (Å²) in [6, 6.07) is 4.67. The molecule has 4 heteroatoms. The smallest absolute Gasteiger partial charge is 0.141 e. The normalized spacial score (nSPS) is 10.2. The number of hydrogen-bond acceptors (Lipinski definition) is 2. The third-order valence-corrected chi connectivity index (χ3v) is 2.89. The van der Waals surface area contributed by atoms with Crippen LogP contribution in [0.1, 0.15) is 6.92 Å². The highest BCUT2D eigenvalue weighted by Crippen LogP contribution is 2.19. The Kier molecular flexibility index (Phi) is 5.12. The summed E-state index contributed by atoms with van der Waals surface area (Å²) in [4.78, 5) is 0. The van der Waals surface area contributed by atoms with E-state index < -0.39 is 0 Å². The first-order valence-electron chi connectivity index (χ1n) is 4.50.